The zero-order chi connectivity index (χ0) is 94.0. The first-order valence-corrected chi connectivity index (χ1v) is 48.5. The summed E-state index contributed by atoms with van der Waals surface area (Å²) in [5, 5.41) is 1.99. The summed E-state index contributed by atoms with van der Waals surface area (Å²) in [6, 6.07) is 175. The fourth-order valence-corrected chi connectivity index (χ4v) is 22.3. The van der Waals surface area contributed by atoms with Crippen molar-refractivity contribution < 1.29 is 4.42 Å². The number of para-hydroxylation sites is 1. The third kappa shape index (κ3) is 14.6. The van der Waals surface area contributed by atoms with Crippen LogP contribution in [0.4, 0.5) is 0 Å². The minimum atomic E-state index is -0.707. The number of aromatic nitrogens is 10. The Bertz CT molecular complexity index is 8980. The molecule has 0 aliphatic heterocycles. The van der Waals surface area contributed by atoms with Gasteiger partial charge < -0.3 is 4.42 Å². The topological polar surface area (TPSA) is 142 Å². The smallest absolute Gasteiger partial charge is 0.180 e. The maximum atomic E-state index is 6.76. The normalized spacial score (nSPS) is 12.5. The number of rotatable bonds is 17. The van der Waals surface area contributed by atoms with Crippen molar-refractivity contribution in [3.8, 4) is 169 Å². The van der Waals surface area contributed by atoms with Crippen LogP contribution in [0.5, 0.6) is 0 Å². The number of hydrogen-bond donors (Lipinski definition) is 0. The van der Waals surface area contributed by atoms with Crippen LogP contribution in [0.25, 0.3) is 212 Å². The van der Waals surface area contributed by atoms with Crippen LogP contribution >= 0.6 is 11.3 Å². The van der Waals surface area contributed by atoms with Crippen LogP contribution in [0, 0.1) is 0 Å². The molecular weight excluding hydrogens is 1750 g/mol. The summed E-state index contributed by atoms with van der Waals surface area (Å²) in [7, 11) is 0. The van der Waals surface area contributed by atoms with E-state index in [1.807, 2.05) is 97.1 Å². The Morgan fingerprint density at radius 3 is 0.908 bits per heavy atom. The van der Waals surface area contributed by atoms with Crippen LogP contribution in [0.3, 0.4) is 0 Å². The zero-order valence-electron chi connectivity index (χ0n) is 76.6. The molecule has 12 heteroatoms. The van der Waals surface area contributed by atoms with Gasteiger partial charge in [0.15, 0.2) is 52.2 Å². The minimum absolute atomic E-state index is 0.501. The van der Waals surface area contributed by atoms with Crippen molar-refractivity contribution in [3.63, 3.8) is 0 Å². The van der Waals surface area contributed by atoms with Gasteiger partial charge in [-0.15, -0.1) is 11.3 Å². The fraction of sp³-hybridized carbons (Fsp3) is 0.0154. The molecule has 27 rings (SSSR count). The minimum Gasteiger partial charge on any atom is -0.452 e. The van der Waals surface area contributed by atoms with Crippen molar-refractivity contribution in [1.82, 2.24) is 49.8 Å². The van der Waals surface area contributed by atoms with Gasteiger partial charge in [0.25, 0.3) is 0 Å². The van der Waals surface area contributed by atoms with E-state index in [2.05, 4.69) is 400 Å². The summed E-state index contributed by atoms with van der Waals surface area (Å²) in [4.78, 5) is 54.5. The fourth-order valence-electron chi connectivity index (χ4n) is 21.2. The van der Waals surface area contributed by atoms with Gasteiger partial charge in [0.05, 0.1) is 26.7 Å². The number of benzene rings is 19. The van der Waals surface area contributed by atoms with Crippen LogP contribution in [0.2, 0.25) is 0 Å². The molecule has 0 unspecified atom stereocenters. The molecule has 0 atom stereocenters. The molecule has 6 aromatic heterocycles. The molecule has 0 radical (unpaired) electrons. The molecule has 0 N–H and O–H groups in total. The highest BCUT2D eigenvalue weighted by molar-refractivity contribution is 7.26. The molecule has 0 fully saturated rings. The molecule has 0 amide bonds. The third-order valence-corrected chi connectivity index (χ3v) is 28.9. The Morgan fingerprint density at radius 2 is 0.472 bits per heavy atom. The number of hydrogen-bond acceptors (Lipinski definition) is 12. The Morgan fingerprint density at radius 1 is 0.176 bits per heavy atom. The molecule has 11 nitrogen and oxygen atoms in total. The van der Waals surface area contributed by atoms with E-state index in [0.717, 1.165) is 176 Å². The lowest BCUT2D eigenvalue weighted by Crippen LogP contribution is -2.28. The van der Waals surface area contributed by atoms with Crippen LogP contribution in [0.15, 0.2) is 502 Å². The van der Waals surface area contributed by atoms with Gasteiger partial charge in [-0.05, 0) is 155 Å². The third-order valence-electron chi connectivity index (χ3n) is 27.7. The van der Waals surface area contributed by atoms with Gasteiger partial charge in [0.1, 0.15) is 16.8 Å². The second-order valence-corrected chi connectivity index (χ2v) is 36.9. The molecule has 0 saturated carbocycles. The molecule has 0 spiro atoms. The average molecular weight is 1830 g/mol. The van der Waals surface area contributed by atoms with E-state index in [9.17, 15) is 0 Å². The van der Waals surface area contributed by atoms with Gasteiger partial charge in [-0.3, -0.25) is 0 Å². The molecule has 6 heterocycles. The van der Waals surface area contributed by atoms with Gasteiger partial charge in [0, 0.05) is 71.1 Å². The van der Waals surface area contributed by atoms with E-state index in [-0.39, 0.29) is 0 Å². The predicted molar refractivity (Wildman–Crippen MR) is 576 cm³/mol. The lowest BCUT2D eigenvalue weighted by Gasteiger charge is -2.34. The number of nitrogens with zero attached hydrogens (tertiary/aromatic N) is 10. The van der Waals surface area contributed by atoms with Gasteiger partial charge >= 0.3 is 0 Å². The van der Waals surface area contributed by atoms with E-state index in [1.54, 1.807) is 11.3 Å². The molecule has 2 aliphatic carbocycles. The number of fused-ring (bicyclic) bond motifs is 12. The summed E-state index contributed by atoms with van der Waals surface area (Å²) < 4.78 is 8.96. The Balaban J connectivity index is 0.000000146. The van der Waals surface area contributed by atoms with Crippen molar-refractivity contribution in [3.05, 3.63) is 542 Å². The number of furan rings is 1. The van der Waals surface area contributed by atoms with E-state index >= 15 is 0 Å². The van der Waals surface area contributed by atoms with Gasteiger partial charge in [-0.2, -0.15) is 0 Å². The second kappa shape index (κ2) is 35.5. The monoisotopic (exact) mass is 1830 g/mol. The average Bonchev–Trinajstić information content (AvgIpc) is 1.53. The van der Waals surface area contributed by atoms with Gasteiger partial charge in [-0.25, -0.2) is 49.8 Å². The summed E-state index contributed by atoms with van der Waals surface area (Å²) in [5.74, 6) is 4.43. The van der Waals surface area contributed by atoms with Crippen molar-refractivity contribution in [1.29, 1.82) is 0 Å². The van der Waals surface area contributed by atoms with Crippen molar-refractivity contribution in [2.24, 2.45) is 0 Å². The van der Waals surface area contributed by atoms with Crippen LogP contribution in [0.1, 0.15) is 44.5 Å². The maximum Gasteiger partial charge on any atom is 0.180 e. The van der Waals surface area contributed by atoms with E-state index < -0.39 is 10.8 Å². The first kappa shape index (κ1) is 83.9. The van der Waals surface area contributed by atoms with Gasteiger partial charge in [-0.1, -0.05) is 443 Å². The molecule has 0 saturated heterocycles. The molecule has 0 bridgehead atoms. The Labute approximate surface area is 824 Å². The van der Waals surface area contributed by atoms with E-state index in [0.29, 0.717) is 57.9 Å². The summed E-state index contributed by atoms with van der Waals surface area (Å²) in [6.07, 6.45) is 0. The first-order chi connectivity index (χ1) is 70.4. The molecule has 2 aliphatic rings. The summed E-state index contributed by atoms with van der Waals surface area (Å²) in [6.45, 7) is 0. The molecular formula is C130H82N10OS. The van der Waals surface area contributed by atoms with Crippen LogP contribution in [-0.2, 0) is 10.8 Å². The molecule has 142 heavy (non-hydrogen) atoms. The quantitative estimate of drug-likeness (QED) is 0.0860. The van der Waals surface area contributed by atoms with Gasteiger partial charge in [0.2, 0.25) is 0 Å². The molecule has 25 aromatic rings. The van der Waals surface area contributed by atoms with Crippen molar-refractivity contribution >= 4 is 53.7 Å². The first-order valence-electron chi connectivity index (χ1n) is 47.7. The highest BCUT2D eigenvalue weighted by Gasteiger charge is 2.49. The highest BCUT2D eigenvalue weighted by atomic mass is 32.1. The van der Waals surface area contributed by atoms with Crippen LogP contribution in [-0.4, -0.2) is 49.8 Å². The summed E-state index contributed by atoms with van der Waals surface area (Å²) in [5.41, 5.74) is 32.3. The predicted octanol–water partition coefficient (Wildman–Crippen LogP) is 32.0. The summed E-state index contributed by atoms with van der Waals surface area (Å²) >= 11 is 1.74. The SMILES string of the molecule is c1ccc(-c2ccc(-c3nc(-c4ccccc4)nc(-c4cc5c(cc4-c4nc(-c6cccc(-c7ccccc7)c6)c6oc7ccccc7c6n4)C(c4ccccc4)(c4ccccc4)c4ccccc4-5)n3)cc2)cc1.c1ccc(-c2cccc(-c3nc(-c4cc5c(cc4-c4nc(-c6ccccc6)nc(-c6ccccc6)n4)-c4ccccc4C5(c4ccccc4)c4ccccc4)nc4c3sc3ccccc34)c2)cc1. The Hall–Kier alpha value is -18.6. The number of thiophene rings is 1. The van der Waals surface area contributed by atoms with Crippen LogP contribution < -0.4 is 0 Å². The lowest BCUT2D eigenvalue weighted by molar-refractivity contribution is 0.667. The van der Waals surface area contributed by atoms with Crippen molar-refractivity contribution in [2.75, 3.05) is 0 Å². The van der Waals surface area contributed by atoms with E-state index in [1.165, 1.54) is 22.3 Å². The second-order valence-electron chi connectivity index (χ2n) is 35.8. The Kier molecular flexibility index (Phi) is 21.0. The largest absolute Gasteiger partial charge is 0.452 e. The highest BCUT2D eigenvalue weighted by Crippen LogP contribution is 2.61. The zero-order valence-corrected chi connectivity index (χ0v) is 77.4. The molecule has 19 aromatic carbocycles. The lowest BCUT2D eigenvalue weighted by atomic mass is 9.67. The standard InChI is InChI=1S/C68H43N5O.C62H39N5S/c1-6-21-44(22-7-1)46-37-39-48(40-38-46)65-71-64(47-25-10-3-11-26-47)72-67(73-65)56-42-55-53-33-16-18-35-58(53)68(51-29-12-4-13-30-51,52-31-14-5-15-32-52)59(55)43-57(56)66-69-61(63-62(70-66)54-34-17-19-36-60(54)74-63)50-28-20-27-49(41-50)45-23-8-2-9-24-45;1-6-21-40(22-7-1)43-27-20-28-44(37-43)55-57-56(48-34-17-19-36-54(48)68-57)64-60(63-55)51-39-53-49(47-33-16-18-35-52(47)62(53,45-29-12-4-13-30-45)46-31-14-5-15-32-46)38-50(51)61-66-58(41-23-8-2-9-24-41)65-59(67-61)42-25-10-3-11-26-42/h1-43H;1-39H. The maximum absolute atomic E-state index is 6.76. The molecule has 664 valence electrons. The van der Waals surface area contributed by atoms with E-state index in [4.69, 9.17) is 54.3 Å². The van der Waals surface area contributed by atoms with Crippen molar-refractivity contribution in [2.45, 2.75) is 10.8 Å².